The van der Waals surface area contributed by atoms with Crippen LogP contribution in [0.25, 0.3) is 11.0 Å². The summed E-state index contributed by atoms with van der Waals surface area (Å²) in [6.45, 7) is -0.541. The van der Waals surface area contributed by atoms with Crippen molar-refractivity contribution in [2.75, 3.05) is 13.7 Å². The Kier molecular flexibility index (Phi) is 6.33. The third-order valence-corrected chi connectivity index (χ3v) is 5.75. The molecule has 0 fully saturated rings. The van der Waals surface area contributed by atoms with Crippen LogP contribution in [0.15, 0.2) is 53.4 Å². The van der Waals surface area contributed by atoms with E-state index in [2.05, 4.69) is 20.6 Å². The van der Waals surface area contributed by atoms with Crippen molar-refractivity contribution in [2.24, 2.45) is 7.05 Å². The van der Waals surface area contributed by atoms with E-state index in [9.17, 15) is 18.0 Å². The highest BCUT2D eigenvalue weighted by atomic mass is 32.2. The van der Waals surface area contributed by atoms with Gasteiger partial charge in [-0.3, -0.25) is 20.4 Å². The number of benzene rings is 2. The molecule has 11 heteroatoms. The van der Waals surface area contributed by atoms with Crippen molar-refractivity contribution in [2.45, 2.75) is 11.3 Å². The van der Waals surface area contributed by atoms with Gasteiger partial charge < -0.3 is 9.30 Å². The first-order valence-corrected chi connectivity index (χ1v) is 10.4. The topological polar surface area (TPSA) is 131 Å². The number of hydrazine groups is 1. The molecule has 0 aliphatic rings. The third kappa shape index (κ3) is 4.93. The van der Waals surface area contributed by atoms with E-state index in [1.165, 1.54) is 31.4 Å². The second-order valence-corrected chi connectivity index (χ2v) is 8.12. The molecule has 0 bridgehead atoms. The number of hydrogen-bond acceptors (Lipinski definition) is 6. The Morgan fingerprint density at radius 1 is 1.03 bits per heavy atom. The highest BCUT2D eigenvalue weighted by molar-refractivity contribution is 7.89. The van der Waals surface area contributed by atoms with Crippen molar-refractivity contribution in [1.29, 1.82) is 0 Å². The lowest BCUT2D eigenvalue weighted by Gasteiger charge is -2.09. The number of para-hydroxylation sites is 2. The van der Waals surface area contributed by atoms with Crippen LogP contribution in [0.4, 0.5) is 0 Å². The predicted octanol–water partition coefficient (Wildman–Crippen LogP) is 0.250. The summed E-state index contributed by atoms with van der Waals surface area (Å²) >= 11 is 0. The van der Waals surface area contributed by atoms with E-state index in [1.807, 2.05) is 24.3 Å². The zero-order valence-electron chi connectivity index (χ0n) is 16.4. The van der Waals surface area contributed by atoms with Gasteiger partial charge in [-0.05, 0) is 36.4 Å². The minimum absolute atomic E-state index is 0.0121. The molecular weight excluding hydrogens is 410 g/mol. The molecule has 3 aromatic rings. The SMILES string of the molecule is COc1ccc(S(=O)(=O)NCC(=O)NNC(=O)Cc2nc3ccccc3n2C)cc1. The van der Waals surface area contributed by atoms with E-state index in [-0.39, 0.29) is 11.3 Å². The monoisotopic (exact) mass is 431 g/mol. The molecule has 0 aliphatic heterocycles. The fourth-order valence-corrected chi connectivity index (χ4v) is 3.71. The summed E-state index contributed by atoms with van der Waals surface area (Å²) in [7, 11) is -0.615. The molecule has 2 amide bonds. The minimum atomic E-state index is -3.88. The number of hydrogen-bond donors (Lipinski definition) is 3. The van der Waals surface area contributed by atoms with Crippen LogP contribution in [-0.4, -0.2) is 43.4 Å². The highest BCUT2D eigenvalue weighted by Crippen LogP contribution is 2.15. The number of fused-ring (bicyclic) bond motifs is 1. The largest absolute Gasteiger partial charge is 0.497 e. The standard InChI is InChI=1S/C19H21N5O5S/c1-24-16-6-4-3-5-15(16)21-17(24)11-18(25)22-23-19(26)12-20-30(27,28)14-9-7-13(29-2)8-10-14/h3-10,20H,11-12H2,1-2H3,(H,22,25)(H,23,26). The summed E-state index contributed by atoms with van der Waals surface area (Å²) in [6, 6.07) is 13.2. The lowest BCUT2D eigenvalue weighted by atomic mass is 10.3. The van der Waals surface area contributed by atoms with E-state index in [0.717, 1.165) is 11.0 Å². The van der Waals surface area contributed by atoms with E-state index in [4.69, 9.17) is 4.74 Å². The lowest BCUT2D eigenvalue weighted by molar-refractivity contribution is -0.128. The number of nitrogens with one attached hydrogen (secondary N) is 3. The number of nitrogens with zero attached hydrogens (tertiary/aromatic N) is 2. The van der Waals surface area contributed by atoms with Gasteiger partial charge in [0.1, 0.15) is 11.6 Å². The molecule has 3 rings (SSSR count). The molecule has 0 atom stereocenters. The van der Waals surface area contributed by atoms with Gasteiger partial charge in [0.2, 0.25) is 15.9 Å². The number of carbonyl (C=O) groups is 2. The number of carbonyl (C=O) groups excluding carboxylic acids is 2. The molecule has 30 heavy (non-hydrogen) atoms. The summed E-state index contributed by atoms with van der Waals surface area (Å²) in [5.74, 6) is -0.164. The zero-order chi connectivity index (χ0) is 21.7. The molecule has 0 saturated carbocycles. The lowest BCUT2D eigenvalue weighted by Crippen LogP contribution is -2.46. The first-order valence-electron chi connectivity index (χ1n) is 8.92. The number of sulfonamides is 1. The molecule has 0 saturated heterocycles. The van der Waals surface area contributed by atoms with Gasteiger partial charge in [-0.25, -0.2) is 18.1 Å². The predicted molar refractivity (Wildman–Crippen MR) is 109 cm³/mol. The zero-order valence-corrected chi connectivity index (χ0v) is 17.2. The molecule has 0 aliphatic carbocycles. The fourth-order valence-electron chi connectivity index (χ4n) is 2.72. The van der Waals surface area contributed by atoms with Crippen LogP contribution in [-0.2, 0) is 33.1 Å². The Hall–Kier alpha value is -3.44. The van der Waals surface area contributed by atoms with Gasteiger partial charge >= 0.3 is 0 Å². The van der Waals surface area contributed by atoms with E-state index < -0.39 is 28.4 Å². The summed E-state index contributed by atoms with van der Waals surface area (Å²) in [4.78, 5) is 28.4. The van der Waals surface area contributed by atoms with Crippen LogP contribution in [0.5, 0.6) is 5.75 Å². The Balaban J connectivity index is 1.50. The third-order valence-electron chi connectivity index (χ3n) is 4.33. The van der Waals surface area contributed by atoms with E-state index >= 15 is 0 Å². The maximum Gasteiger partial charge on any atom is 0.253 e. The van der Waals surface area contributed by atoms with Crippen LogP contribution in [0.2, 0.25) is 0 Å². The Morgan fingerprint density at radius 3 is 2.37 bits per heavy atom. The average molecular weight is 431 g/mol. The van der Waals surface area contributed by atoms with Crippen molar-refractivity contribution >= 4 is 32.9 Å². The van der Waals surface area contributed by atoms with Gasteiger partial charge in [0, 0.05) is 7.05 Å². The molecule has 0 unspecified atom stereocenters. The normalized spacial score (nSPS) is 11.3. The maximum absolute atomic E-state index is 12.2. The van der Waals surface area contributed by atoms with Gasteiger partial charge in [0.25, 0.3) is 5.91 Å². The fraction of sp³-hybridized carbons (Fsp3) is 0.211. The molecular formula is C19H21N5O5S. The van der Waals surface area contributed by atoms with Crippen LogP contribution >= 0.6 is 0 Å². The number of ether oxygens (including phenoxy) is 1. The summed E-state index contributed by atoms with van der Waals surface area (Å²) in [5, 5.41) is 0. The molecule has 10 nitrogen and oxygen atoms in total. The van der Waals surface area contributed by atoms with Crippen molar-refractivity contribution in [1.82, 2.24) is 25.1 Å². The van der Waals surface area contributed by atoms with Gasteiger partial charge in [-0.1, -0.05) is 12.1 Å². The van der Waals surface area contributed by atoms with Gasteiger partial charge in [0.05, 0.1) is 36.0 Å². The molecule has 0 radical (unpaired) electrons. The number of aromatic nitrogens is 2. The summed E-state index contributed by atoms with van der Waals surface area (Å²) in [6.07, 6.45) is -0.0525. The van der Waals surface area contributed by atoms with Crippen LogP contribution in [0.1, 0.15) is 5.82 Å². The van der Waals surface area contributed by atoms with Crippen molar-refractivity contribution in [3.63, 3.8) is 0 Å². The van der Waals surface area contributed by atoms with Crippen LogP contribution in [0, 0.1) is 0 Å². The van der Waals surface area contributed by atoms with Crippen molar-refractivity contribution in [3.8, 4) is 5.75 Å². The van der Waals surface area contributed by atoms with Crippen LogP contribution < -0.4 is 20.3 Å². The smallest absolute Gasteiger partial charge is 0.253 e. The summed E-state index contributed by atoms with van der Waals surface area (Å²) < 4.78 is 33.3. The number of aryl methyl sites for hydroxylation is 1. The Labute approximate surface area is 173 Å². The first-order chi connectivity index (χ1) is 14.3. The molecule has 158 valence electrons. The van der Waals surface area contributed by atoms with E-state index in [1.54, 1.807) is 11.6 Å². The molecule has 1 heterocycles. The maximum atomic E-state index is 12.2. The Morgan fingerprint density at radius 2 is 1.70 bits per heavy atom. The molecule has 2 aromatic carbocycles. The van der Waals surface area contributed by atoms with Crippen LogP contribution in [0.3, 0.4) is 0 Å². The molecule has 1 aromatic heterocycles. The number of amides is 2. The number of imidazole rings is 1. The average Bonchev–Trinajstić information content (AvgIpc) is 3.06. The second-order valence-electron chi connectivity index (χ2n) is 6.35. The highest BCUT2D eigenvalue weighted by Gasteiger charge is 2.16. The number of methoxy groups -OCH3 is 1. The number of rotatable bonds is 7. The van der Waals surface area contributed by atoms with Gasteiger partial charge in [-0.2, -0.15) is 0 Å². The summed E-state index contributed by atoms with van der Waals surface area (Å²) in [5.41, 5.74) is 6.08. The molecule has 3 N–H and O–H groups in total. The van der Waals surface area contributed by atoms with Crippen molar-refractivity contribution in [3.05, 3.63) is 54.4 Å². The van der Waals surface area contributed by atoms with Crippen molar-refractivity contribution < 1.29 is 22.7 Å². The quantitative estimate of drug-likeness (QED) is 0.460. The Bertz CT molecular complexity index is 1170. The van der Waals surface area contributed by atoms with Gasteiger partial charge in [0.15, 0.2) is 0 Å². The van der Waals surface area contributed by atoms with E-state index in [0.29, 0.717) is 11.6 Å². The second kappa shape index (κ2) is 8.93. The van der Waals surface area contributed by atoms with Gasteiger partial charge in [-0.15, -0.1) is 0 Å². The minimum Gasteiger partial charge on any atom is -0.497 e. The first kappa shape index (κ1) is 21.3. The molecule has 0 spiro atoms.